The first kappa shape index (κ1) is 23.1. The van der Waals surface area contributed by atoms with E-state index in [0.717, 1.165) is 35.6 Å². The second-order valence-corrected chi connectivity index (χ2v) is 9.14. The number of likely N-dealkylation sites (N-methyl/N-ethyl adjacent to an activating group) is 1. The quantitative estimate of drug-likeness (QED) is 0.433. The molecule has 2 atom stereocenters. The third-order valence-electron chi connectivity index (χ3n) is 6.53. The van der Waals surface area contributed by atoms with Gasteiger partial charge in [-0.05, 0) is 68.9 Å². The van der Waals surface area contributed by atoms with E-state index in [1.807, 2.05) is 13.1 Å². The van der Waals surface area contributed by atoms with E-state index in [4.69, 9.17) is 9.47 Å². The lowest BCUT2D eigenvalue weighted by molar-refractivity contribution is 0.230. The van der Waals surface area contributed by atoms with Crippen LogP contribution in [-0.2, 0) is 0 Å². The molecule has 2 unspecified atom stereocenters. The molecular formula is C28H35N3O2. The highest BCUT2D eigenvalue weighted by Gasteiger charge is 2.29. The lowest BCUT2D eigenvalue weighted by Gasteiger charge is -2.21. The molecule has 5 heteroatoms. The SMILES string of the molecule is CC1=NN(C)C(C)C1CCOc1ccc2ccccc2c1-c1cccc(OCCN(C)C)c1. The Labute approximate surface area is 197 Å². The zero-order chi connectivity index (χ0) is 23.4. The molecule has 0 saturated heterocycles. The van der Waals surface area contributed by atoms with Gasteiger partial charge >= 0.3 is 0 Å². The molecule has 4 rings (SSSR count). The maximum absolute atomic E-state index is 6.42. The first-order chi connectivity index (χ1) is 15.9. The summed E-state index contributed by atoms with van der Waals surface area (Å²) in [5.74, 6) is 2.21. The third-order valence-corrected chi connectivity index (χ3v) is 6.53. The molecule has 0 spiro atoms. The molecule has 1 aliphatic heterocycles. The summed E-state index contributed by atoms with van der Waals surface area (Å²) < 4.78 is 12.4. The van der Waals surface area contributed by atoms with E-state index in [0.29, 0.717) is 25.2 Å². The van der Waals surface area contributed by atoms with Crippen LogP contribution in [0.4, 0.5) is 0 Å². The molecular weight excluding hydrogens is 410 g/mol. The van der Waals surface area contributed by atoms with E-state index in [2.05, 4.69) is 97.6 Å². The lowest BCUT2D eigenvalue weighted by atomic mass is 9.94. The van der Waals surface area contributed by atoms with Crippen LogP contribution in [0.5, 0.6) is 11.5 Å². The van der Waals surface area contributed by atoms with Crippen molar-refractivity contribution in [1.29, 1.82) is 0 Å². The first-order valence-electron chi connectivity index (χ1n) is 11.7. The van der Waals surface area contributed by atoms with Crippen molar-refractivity contribution >= 4 is 16.5 Å². The topological polar surface area (TPSA) is 37.3 Å². The lowest BCUT2D eigenvalue weighted by Crippen LogP contribution is -2.28. The molecule has 0 aromatic heterocycles. The fourth-order valence-corrected chi connectivity index (χ4v) is 4.53. The maximum Gasteiger partial charge on any atom is 0.127 e. The van der Waals surface area contributed by atoms with E-state index in [9.17, 15) is 0 Å². The van der Waals surface area contributed by atoms with Gasteiger partial charge in [0.25, 0.3) is 0 Å². The van der Waals surface area contributed by atoms with E-state index in [-0.39, 0.29) is 0 Å². The predicted octanol–water partition coefficient (Wildman–Crippen LogP) is 5.54. The second-order valence-electron chi connectivity index (χ2n) is 9.14. The molecule has 1 heterocycles. The molecule has 0 fully saturated rings. The van der Waals surface area contributed by atoms with Gasteiger partial charge in [-0.1, -0.05) is 42.5 Å². The summed E-state index contributed by atoms with van der Waals surface area (Å²) >= 11 is 0. The summed E-state index contributed by atoms with van der Waals surface area (Å²) in [6.45, 7) is 6.54. The molecule has 0 radical (unpaired) electrons. The number of fused-ring (bicyclic) bond motifs is 1. The number of hydrogen-bond donors (Lipinski definition) is 0. The van der Waals surface area contributed by atoms with Crippen molar-refractivity contribution in [2.75, 3.05) is 40.9 Å². The normalized spacial score (nSPS) is 18.1. The molecule has 174 valence electrons. The highest BCUT2D eigenvalue weighted by molar-refractivity contribution is 6.00. The highest BCUT2D eigenvalue weighted by Crippen LogP contribution is 2.38. The molecule has 0 aliphatic carbocycles. The van der Waals surface area contributed by atoms with Gasteiger partial charge in [-0.3, -0.25) is 5.01 Å². The molecule has 0 bridgehead atoms. The smallest absolute Gasteiger partial charge is 0.127 e. The largest absolute Gasteiger partial charge is 0.493 e. The van der Waals surface area contributed by atoms with Crippen molar-refractivity contribution in [3.63, 3.8) is 0 Å². The van der Waals surface area contributed by atoms with Gasteiger partial charge in [-0.2, -0.15) is 5.10 Å². The van der Waals surface area contributed by atoms with Gasteiger partial charge in [0.1, 0.15) is 18.1 Å². The van der Waals surface area contributed by atoms with Crippen LogP contribution < -0.4 is 9.47 Å². The maximum atomic E-state index is 6.42. The average Bonchev–Trinajstić information content (AvgIpc) is 3.04. The van der Waals surface area contributed by atoms with Crippen LogP contribution >= 0.6 is 0 Å². The number of ether oxygens (including phenoxy) is 2. The number of hydrogen-bond acceptors (Lipinski definition) is 5. The van der Waals surface area contributed by atoms with Gasteiger partial charge in [0.15, 0.2) is 0 Å². The van der Waals surface area contributed by atoms with Crippen LogP contribution in [0.2, 0.25) is 0 Å². The van der Waals surface area contributed by atoms with Crippen molar-refractivity contribution in [2.45, 2.75) is 26.3 Å². The number of hydrazone groups is 1. The average molecular weight is 446 g/mol. The third kappa shape index (κ3) is 5.31. The van der Waals surface area contributed by atoms with Crippen LogP contribution in [0, 0.1) is 5.92 Å². The Morgan fingerprint density at radius 2 is 1.79 bits per heavy atom. The van der Waals surface area contributed by atoms with Gasteiger partial charge in [0, 0.05) is 30.8 Å². The molecule has 3 aromatic carbocycles. The van der Waals surface area contributed by atoms with Gasteiger partial charge in [0.2, 0.25) is 0 Å². The van der Waals surface area contributed by atoms with Crippen molar-refractivity contribution in [1.82, 2.24) is 9.91 Å². The summed E-state index contributed by atoms with van der Waals surface area (Å²) in [5.41, 5.74) is 3.42. The molecule has 0 amide bonds. The van der Waals surface area contributed by atoms with E-state index in [1.54, 1.807) is 0 Å². The Hall–Kier alpha value is -3.05. The molecule has 0 N–H and O–H groups in total. The fraction of sp³-hybridized carbons (Fsp3) is 0.393. The molecule has 3 aromatic rings. The minimum atomic E-state index is 0.403. The zero-order valence-corrected chi connectivity index (χ0v) is 20.4. The first-order valence-corrected chi connectivity index (χ1v) is 11.7. The number of nitrogens with zero attached hydrogens (tertiary/aromatic N) is 3. The van der Waals surface area contributed by atoms with Crippen LogP contribution in [0.3, 0.4) is 0 Å². The van der Waals surface area contributed by atoms with Crippen molar-refractivity contribution in [3.8, 4) is 22.6 Å². The molecule has 0 saturated carbocycles. The Balaban J connectivity index is 1.59. The predicted molar refractivity (Wildman–Crippen MR) is 137 cm³/mol. The molecule has 1 aliphatic rings. The fourth-order valence-electron chi connectivity index (χ4n) is 4.53. The zero-order valence-electron chi connectivity index (χ0n) is 20.4. The summed E-state index contributed by atoms with van der Waals surface area (Å²) in [7, 11) is 6.15. The molecule has 5 nitrogen and oxygen atoms in total. The van der Waals surface area contributed by atoms with Gasteiger partial charge in [-0.15, -0.1) is 0 Å². The van der Waals surface area contributed by atoms with Crippen molar-refractivity contribution in [2.24, 2.45) is 11.0 Å². The van der Waals surface area contributed by atoms with Gasteiger partial charge in [0.05, 0.1) is 12.6 Å². The molecule has 33 heavy (non-hydrogen) atoms. The van der Waals surface area contributed by atoms with E-state index >= 15 is 0 Å². The minimum absolute atomic E-state index is 0.403. The Morgan fingerprint density at radius 3 is 2.55 bits per heavy atom. The summed E-state index contributed by atoms with van der Waals surface area (Å²) in [6.07, 6.45) is 0.945. The highest BCUT2D eigenvalue weighted by atomic mass is 16.5. The van der Waals surface area contributed by atoms with Crippen molar-refractivity contribution < 1.29 is 9.47 Å². The van der Waals surface area contributed by atoms with Crippen LogP contribution in [0.15, 0.2) is 65.8 Å². The second kappa shape index (κ2) is 10.3. The Morgan fingerprint density at radius 1 is 0.970 bits per heavy atom. The van der Waals surface area contributed by atoms with E-state index in [1.165, 1.54) is 16.5 Å². The monoisotopic (exact) mass is 445 g/mol. The summed E-state index contributed by atoms with van der Waals surface area (Å²) in [4.78, 5) is 2.12. The van der Waals surface area contributed by atoms with Gasteiger partial charge < -0.3 is 14.4 Å². The van der Waals surface area contributed by atoms with Crippen molar-refractivity contribution in [3.05, 3.63) is 60.7 Å². The standard InChI is InChI=1S/C28H35N3O2/c1-20-25(21(2)31(5)29-20)15-17-33-27-14-13-22-9-6-7-12-26(22)28(27)23-10-8-11-24(19-23)32-18-16-30(3)4/h6-14,19,21,25H,15-18H2,1-5H3. The minimum Gasteiger partial charge on any atom is -0.493 e. The van der Waals surface area contributed by atoms with Gasteiger partial charge in [-0.25, -0.2) is 0 Å². The summed E-state index contributed by atoms with van der Waals surface area (Å²) in [5, 5.41) is 9.05. The van der Waals surface area contributed by atoms with Crippen LogP contribution in [-0.4, -0.2) is 62.6 Å². The number of benzene rings is 3. The van der Waals surface area contributed by atoms with Crippen LogP contribution in [0.25, 0.3) is 21.9 Å². The summed E-state index contributed by atoms with van der Waals surface area (Å²) in [6, 6.07) is 21.5. The Bertz CT molecular complexity index is 1130. The van der Waals surface area contributed by atoms with E-state index < -0.39 is 0 Å². The Kier molecular flexibility index (Phi) is 7.19. The number of rotatable bonds is 9. The van der Waals surface area contributed by atoms with Crippen LogP contribution in [0.1, 0.15) is 20.3 Å².